The molecule has 0 radical (unpaired) electrons. The van der Waals surface area contributed by atoms with E-state index in [1.54, 1.807) is 27.7 Å². The molecule has 0 atom stereocenters. The third kappa shape index (κ3) is 4.11. The van der Waals surface area contributed by atoms with Crippen LogP contribution in [0.15, 0.2) is 36.7 Å². The molecule has 0 spiro atoms. The lowest BCUT2D eigenvalue weighted by molar-refractivity contribution is 0.324. The van der Waals surface area contributed by atoms with E-state index in [0.717, 1.165) is 40.8 Å². The van der Waals surface area contributed by atoms with Crippen LogP contribution in [0.25, 0.3) is 22.0 Å². The zero-order valence-corrected chi connectivity index (χ0v) is 17.1. The second kappa shape index (κ2) is 8.78. The van der Waals surface area contributed by atoms with Crippen molar-refractivity contribution in [2.45, 2.75) is 20.3 Å². The van der Waals surface area contributed by atoms with Crippen molar-refractivity contribution in [2.75, 3.05) is 33.2 Å². The minimum atomic E-state index is 0.578. The Labute approximate surface area is 165 Å². The highest BCUT2D eigenvalue weighted by atomic mass is 16.5. The number of fused-ring (bicyclic) bond motifs is 1. The van der Waals surface area contributed by atoms with Gasteiger partial charge < -0.3 is 19.5 Å². The summed E-state index contributed by atoms with van der Waals surface area (Å²) in [5.74, 6) is 3.30. The Hall–Kier alpha value is -3.02. The standard InChI is InChI=1S/C22H27N3O3/c1-14(2)8-9-23-22-17-10-15(6-7-18(17)24-13-25-22)16-11-19(26-3)21(28-5)20(12-16)27-4/h6-7,10-14H,8-9H2,1-5H3,(H,23,24,25). The summed E-state index contributed by atoms with van der Waals surface area (Å²) in [5.41, 5.74) is 2.89. The largest absolute Gasteiger partial charge is 0.493 e. The molecule has 0 fully saturated rings. The van der Waals surface area contributed by atoms with Gasteiger partial charge in [0.15, 0.2) is 11.5 Å². The van der Waals surface area contributed by atoms with Gasteiger partial charge in [-0.05, 0) is 47.7 Å². The van der Waals surface area contributed by atoms with Gasteiger partial charge in [-0.25, -0.2) is 9.97 Å². The Morgan fingerprint density at radius 3 is 2.21 bits per heavy atom. The molecule has 1 aromatic heterocycles. The first kappa shape index (κ1) is 19.7. The molecule has 1 N–H and O–H groups in total. The molecule has 3 aromatic rings. The molecule has 3 rings (SSSR count). The van der Waals surface area contributed by atoms with Crippen molar-refractivity contribution in [2.24, 2.45) is 5.92 Å². The van der Waals surface area contributed by atoms with Crippen LogP contribution in [0, 0.1) is 5.92 Å². The van der Waals surface area contributed by atoms with Crippen LogP contribution in [-0.4, -0.2) is 37.8 Å². The second-order valence-corrected chi connectivity index (χ2v) is 6.98. The highest BCUT2D eigenvalue weighted by molar-refractivity contribution is 5.92. The average molecular weight is 381 g/mol. The summed E-state index contributed by atoms with van der Waals surface area (Å²) in [6.45, 7) is 5.29. The number of benzene rings is 2. The molecule has 2 aromatic carbocycles. The summed E-state index contributed by atoms with van der Waals surface area (Å²) >= 11 is 0. The molecule has 6 heteroatoms. The fourth-order valence-corrected chi connectivity index (χ4v) is 3.10. The third-order valence-corrected chi connectivity index (χ3v) is 4.65. The summed E-state index contributed by atoms with van der Waals surface area (Å²) < 4.78 is 16.4. The number of aromatic nitrogens is 2. The van der Waals surface area contributed by atoms with Gasteiger partial charge in [0.1, 0.15) is 12.1 Å². The number of hydrogen-bond acceptors (Lipinski definition) is 6. The number of ether oxygens (including phenoxy) is 3. The summed E-state index contributed by atoms with van der Waals surface area (Å²) in [7, 11) is 4.83. The van der Waals surface area contributed by atoms with Gasteiger partial charge in [0.2, 0.25) is 5.75 Å². The zero-order chi connectivity index (χ0) is 20.1. The van der Waals surface area contributed by atoms with Crippen LogP contribution in [-0.2, 0) is 0 Å². The molecule has 148 valence electrons. The zero-order valence-electron chi connectivity index (χ0n) is 17.1. The normalized spacial score (nSPS) is 10.9. The number of hydrogen-bond donors (Lipinski definition) is 1. The van der Waals surface area contributed by atoms with Crippen LogP contribution in [0.1, 0.15) is 20.3 Å². The lowest BCUT2D eigenvalue weighted by atomic mass is 10.0. The fraction of sp³-hybridized carbons (Fsp3) is 0.364. The maximum Gasteiger partial charge on any atom is 0.203 e. The van der Waals surface area contributed by atoms with Crippen LogP contribution in [0.3, 0.4) is 0 Å². The van der Waals surface area contributed by atoms with E-state index in [0.29, 0.717) is 23.2 Å². The van der Waals surface area contributed by atoms with Crippen molar-refractivity contribution in [3.05, 3.63) is 36.7 Å². The maximum atomic E-state index is 5.49. The van der Waals surface area contributed by atoms with Crippen LogP contribution in [0.5, 0.6) is 17.2 Å². The highest BCUT2D eigenvalue weighted by Gasteiger charge is 2.15. The summed E-state index contributed by atoms with van der Waals surface area (Å²) in [6, 6.07) is 10.0. The molecule has 0 aliphatic heterocycles. The van der Waals surface area contributed by atoms with Crippen molar-refractivity contribution in [1.82, 2.24) is 9.97 Å². The van der Waals surface area contributed by atoms with Crippen molar-refractivity contribution in [3.63, 3.8) is 0 Å². The van der Waals surface area contributed by atoms with Gasteiger partial charge in [-0.1, -0.05) is 19.9 Å². The Bertz CT molecular complexity index is 932. The maximum absolute atomic E-state index is 5.49. The van der Waals surface area contributed by atoms with Gasteiger partial charge >= 0.3 is 0 Å². The van der Waals surface area contributed by atoms with Crippen LogP contribution in [0.4, 0.5) is 5.82 Å². The molecular weight excluding hydrogens is 354 g/mol. The monoisotopic (exact) mass is 381 g/mol. The Kier molecular flexibility index (Phi) is 6.19. The first-order chi connectivity index (χ1) is 13.6. The molecule has 28 heavy (non-hydrogen) atoms. The first-order valence-electron chi connectivity index (χ1n) is 9.36. The highest BCUT2D eigenvalue weighted by Crippen LogP contribution is 2.41. The van der Waals surface area contributed by atoms with E-state index in [4.69, 9.17) is 14.2 Å². The van der Waals surface area contributed by atoms with E-state index in [1.807, 2.05) is 24.3 Å². The predicted octanol–water partition coefficient (Wildman–Crippen LogP) is 4.78. The first-order valence-corrected chi connectivity index (χ1v) is 9.36. The topological polar surface area (TPSA) is 65.5 Å². The minimum absolute atomic E-state index is 0.578. The van der Waals surface area contributed by atoms with Gasteiger partial charge in [0.25, 0.3) is 0 Å². The molecule has 6 nitrogen and oxygen atoms in total. The van der Waals surface area contributed by atoms with Gasteiger partial charge in [0.05, 0.1) is 26.8 Å². The summed E-state index contributed by atoms with van der Waals surface area (Å²) in [4.78, 5) is 8.84. The van der Waals surface area contributed by atoms with Gasteiger partial charge in [-0.3, -0.25) is 0 Å². The van der Waals surface area contributed by atoms with Crippen LogP contribution in [0.2, 0.25) is 0 Å². The van der Waals surface area contributed by atoms with Crippen molar-refractivity contribution < 1.29 is 14.2 Å². The molecule has 0 saturated carbocycles. The van der Waals surface area contributed by atoms with E-state index >= 15 is 0 Å². The quantitative estimate of drug-likeness (QED) is 0.606. The van der Waals surface area contributed by atoms with E-state index in [1.165, 1.54) is 0 Å². The number of rotatable bonds is 8. The Balaban J connectivity index is 2.04. The molecule has 0 aliphatic carbocycles. The molecule has 0 unspecified atom stereocenters. The SMILES string of the molecule is COc1cc(-c2ccc3ncnc(NCCC(C)C)c3c2)cc(OC)c1OC. The van der Waals surface area contributed by atoms with E-state index in [2.05, 4.69) is 35.2 Å². The Morgan fingerprint density at radius 1 is 0.893 bits per heavy atom. The van der Waals surface area contributed by atoms with E-state index in [-0.39, 0.29) is 0 Å². The van der Waals surface area contributed by atoms with Crippen LogP contribution >= 0.6 is 0 Å². The molecule has 0 saturated heterocycles. The van der Waals surface area contributed by atoms with Gasteiger partial charge in [0, 0.05) is 11.9 Å². The smallest absolute Gasteiger partial charge is 0.203 e. The van der Waals surface area contributed by atoms with Crippen molar-refractivity contribution in [1.29, 1.82) is 0 Å². The summed E-state index contributed by atoms with van der Waals surface area (Å²) in [6.07, 6.45) is 2.68. The van der Waals surface area contributed by atoms with Crippen molar-refractivity contribution >= 4 is 16.7 Å². The molecule has 0 aliphatic rings. The lowest BCUT2D eigenvalue weighted by Gasteiger charge is -2.15. The molecule has 0 amide bonds. The minimum Gasteiger partial charge on any atom is -0.493 e. The van der Waals surface area contributed by atoms with Gasteiger partial charge in [-0.2, -0.15) is 0 Å². The molecule has 0 bridgehead atoms. The molecular formula is C22H27N3O3. The summed E-state index contributed by atoms with van der Waals surface area (Å²) in [5, 5.41) is 4.42. The van der Waals surface area contributed by atoms with E-state index < -0.39 is 0 Å². The molecule has 1 heterocycles. The number of anilines is 1. The predicted molar refractivity (Wildman–Crippen MR) is 113 cm³/mol. The second-order valence-electron chi connectivity index (χ2n) is 6.98. The van der Waals surface area contributed by atoms with E-state index in [9.17, 15) is 0 Å². The van der Waals surface area contributed by atoms with Crippen LogP contribution < -0.4 is 19.5 Å². The number of nitrogens with zero attached hydrogens (tertiary/aromatic N) is 2. The number of nitrogens with one attached hydrogen (secondary N) is 1. The Morgan fingerprint density at radius 2 is 1.61 bits per heavy atom. The average Bonchev–Trinajstić information content (AvgIpc) is 2.72. The van der Waals surface area contributed by atoms with Gasteiger partial charge in [-0.15, -0.1) is 0 Å². The van der Waals surface area contributed by atoms with Crippen molar-refractivity contribution in [3.8, 4) is 28.4 Å². The number of methoxy groups -OCH3 is 3. The fourth-order valence-electron chi connectivity index (χ4n) is 3.10. The third-order valence-electron chi connectivity index (χ3n) is 4.65. The lowest BCUT2D eigenvalue weighted by Crippen LogP contribution is -2.06.